The molecule has 19 heavy (non-hydrogen) atoms. The second-order valence-electron chi connectivity index (χ2n) is 3.93. The third kappa shape index (κ3) is 2.68. The first kappa shape index (κ1) is 13.4. The molecule has 1 N–H and O–H groups in total. The quantitative estimate of drug-likeness (QED) is 0.685. The van der Waals surface area contributed by atoms with Crippen molar-refractivity contribution in [1.29, 1.82) is 0 Å². The van der Waals surface area contributed by atoms with Crippen molar-refractivity contribution in [3.05, 3.63) is 40.4 Å². The van der Waals surface area contributed by atoms with Crippen LogP contribution in [0.25, 0.3) is 10.9 Å². The van der Waals surface area contributed by atoms with Gasteiger partial charge in [0.15, 0.2) is 5.82 Å². The minimum absolute atomic E-state index is 0.270. The zero-order valence-corrected chi connectivity index (χ0v) is 11.1. The summed E-state index contributed by atoms with van der Waals surface area (Å²) >= 11 is 5.99. The molecular formula is C12H12ClN3O3. The summed E-state index contributed by atoms with van der Waals surface area (Å²) in [6, 6.07) is 6.86. The minimum atomic E-state index is -0.576. The Morgan fingerprint density at radius 3 is 2.79 bits per heavy atom. The molecule has 0 aliphatic heterocycles. The number of hydrogen-bond acceptors (Lipinski definition) is 5. The lowest BCUT2D eigenvalue weighted by Crippen LogP contribution is -2.34. The predicted molar refractivity (Wildman–Crippen MR) is 71.4 cm³/mol. The topological polar surface area (TPSA) is 73.2 Å². The number of aromatic nitrogens is 2. The van der Waals surface area contributed by atoms with Crippen molar-refractivity contribution in [3.8, 4) is 0 Å². The summed E-state index contributed by atoms with van der Waals surface area (Å²) in [5.74, 6) is -0.306. The van der Waals surface area contributed by atoms with Gasteiger partial charge in [-0.3, -0.25) is 4.79 Å². The van der Waals surface area contributed by atoms with E-state index in [4.69, 9.17) is 11.6 Å². The van der Waals surface area contributed by atoms with E-state index in [-0.39, 0.29) is 11.4 Å². The minimum Gasteiger partial charge on any atom is -0.328 e. The van der Waals surface area contributed by atoms with Gasteiger partial charge in [-0.15, -0.1) is 17.2 Å². The van der Waals surface area contributed by atoms with Crippen LogP contribution >= 0.6 is 11.6 Å². The monoisotopic (exact) mass is 281 g/mol. The normalized spacial score (nSPS) is 12.2. The van der Waals surface area contributed by atoms with Crippen LogP contribution in [-0.2, 0) is 9.63 Å². The maximum absolute atomic E-state index is 12.3. The molecule has 100 valence electrons. The molecule has 6 nitrogen and oxygen atoms in total. The SMILES string of the molecule is CC(=O)ONn1c([C@@H](C)Cl)nc2ccccc2c1=O. The number of hydrogen-bond donors (Lipinski definition) is 1. The number of carbonyl (C=O) groups is 1. The van der Waals surface area contributed by atoms with Gasteiger partial charge >= 0.3 is 5.97 Å². The zero-order valence-electron chi connectivity index (χ0n) is 10.4. The molecule has 0 fully saturated rings. The van der Waals surface area contributed by atoms with Crippen LogP contribution in [0.15, 0.2) is 29.1 Å². The zero-order chi connectivity index (χ0) is 14.0. The van der Waals surface area contributed by atoms with Crippen LogP contribution in [0.1, 0.15) is 25.0 Å². The van der Waals surface area contributed by atoms with Gasteiger partial charge in [-0.1, -0.05) is 12.1 Å². The maximum atomic E-state index is 12.3. The molecule has 7 heteroatoms. The molecule has 0 aliphatic rings. The second kappa shape index (κ2) is 5.27. The van der Waals surface area contributed by atoms with Crippen LogP contribution in [0.4, 0.5) is 0 Å². The van der Waals surface area contributed by atoms with E-state index >= 15 is 0 Å². The summed E-state index contributed by atoms with van der Waals surface area (Å²) in [5, 5.41) is -0.122. The average molecular weight is 282 g/mol. The van der Waals surface area contributed by atoms with Crippen molar-refractivity contribution >= 4 is 28.5 Å². The molecule has 2 aromatic rings. The Bertz CT molecular complexity index is 681. The summed E-state index contributed by atoms with van der Waals surface area (Å²) < 4.78 is 1.03. The van der Waals surface area contributed by atoms with Gasteiger partial charge in [0.1, 0.15) is 0 Å². The van der Waals surface area contributed by atoms with E-state index in [0.29, 0.717) is 10.9 Å². The molecule has 0 spiro atoms. The lowest BCUT2D eigenvalue weighted by atomic mass is 10.2. The molecule has 1 atom stereocenters. The number of fused-ring (bicyclic) bond motifs is 1. The first-order valence-electron chi connectivity index (χ1n) is 5.60. The highest BCUT2D eigenvalue weighted by atomic mass is 35.5. The first-order valence-corrected chi connectivity index (χ1v) is 6.03. The summed E-state index contributed by atoms with van der Waals surface area (Å²) in [6.45, 7) is 2.89. The van der Waals surface area contributed by atoms with E-state index < -0.39 is 11.3 Å². The number of carbonyl (C=O) groups excluding carboxylic acids is 1. The van der Waals surface area contributed by atoms with Crippen molar-refractivity contribution in [2.24, 2.45) is 0 Å². The van der Waals surface area contributed by atoms with Crippen LogP contribution in [0, 0.1) is 0 Å². The highest BCUT2D eigenvalue weighted by Crippen LogP contribution is 2.17. The highest BCUT2D eigenvalue weighted by Gasteiger charge is 2.15. The van der Waals surface area contributed by atoms with Crippen LogP contribution in [0.5, 0.6) is 0 Å². The Balaban J connectivity index is 2.64. The van der Waals surface area contributed by atoms with E-state index in [1.165, 1.54) is 6.92 Å². The number of benzene rings is 1. The van der Waals surface area contributed by atoms with Crippen molar-refractivity contribution in [1.82, 2.24) is 9.66 Å². The molecular weight excluding hydrogens is 270 g/mol. The first-order chi connectivity index (χ1) is 9.00. The largest absolute Gasteiger partial charge is 0.331 e. The summed E-state index contributed by atoms with van der Waals surface area (Å²) in [4.78, 5) is 32.0. The number of nitrogens with one attached hydrogen (secondary N) is 1. The van der Waals surface area contributed by atoms with E-state index in [0.717, 1.165) is 4.68 Å². The third-order valence-electron chi connectivity index (χ3n) is 2.44. The third-order valence-corrected chi connectivity index (χ3v) is 2.63. The number of para-hydroxylation sites is 1. The Hall–Kier alpha value is -2.08. The smallest absolute Gasteiger partial charge is 0.328 e. The summed E-state index contributed by atoms with van der Waals surface area (Å²) in [6.07, 6.45) is 0. The molecule has 0 radical (unpaired) electrons. The van der Waals surface area contributed by atoms with Gasteiger partial charge in [0.05, 0.1) is 16.3 Å². The average Bonchev–Trinajstić information content (AvgIpc) is 2.37. The number of rotatable bonds is 3. The fraction of sp³-hybridized carbons (Fsp3) is 0.250. The Labute approximate surface area is 113 Å². The Kier molecular flexibility index (Phi) is 3.71. The summed E-state index contributed by atoms with van der Waals surface area (Å²) in [5.41, 5.74) is 2.42. The number of halogens is 1. The fourth-order valence-corrected chi connectivity index (χ4v) is 1.76. The molecule has 1 heterocycles. The van der Waals surface area contributed by atoms with Crippen LogP contribution in [0.2, 0.25) is 0 Å². The maximum Gasteiger partial charge on any atom is 0.331 e. The molecule has 1 aromatic heterocycles. The van der Waals surface area contributed by atoms with Crippen molar-refractivity contribution in [2.45, 2.75) is 19.2 Å². The molecule has 0 saturated carbocycles. The van der Waals surface area contributed by atoms with Gasteiger partial charge in [-0.2, -0.15) is 4.68 Å². The fourth-order valence-electron chi connectivity index (χ4n) is 1.61. The van der Waals surface area contributed by atoms with E-state index in [1.807, 2.05) is 0 Å². The second-order valence-corrected chi connectivity index (χ2v) is 4.58. The molecule has 0 saturated heterocycles. The highest BCUT2D eigenvalue weighted by molar-refractivity contribution is 6.20. The van der Waals surface area contributed by atoms with Gasteiger partial charge in [-0.05, 0) is 19.1 Å². The molecule has 2 rings (SSSR count). The predicted octanol–water partition coefficient (Wildman–Crippen LogP) is 1.72. The molecule has 0 unspecified atom stereocenters. The lowest BCUT2D eigenvalue weighted by molar-refractivity contribution is -0.139. The van der Waals surface area contributed by atoms with Gasteiger partial charge < -0.3 is 4.84 Å². The van der Waals surface area contributed by atoms with E-state index in [2.05, 4.69) is 15.4 Å². The van der Waals surface area contributed by atoms with Gasteiger partial charge in [0.2, 0.25) is 0 Å². The lowest BCUT2D eigenvalue weighted by Gasteiger charge is -2.14. The molecule has 0 aliphatic carbocycles. The van der Waals surface area contributed by atoms with Crippen LogP contribution in [0.3, 0.4) is 0 Å². The standard InChI is InChI=1S/C12H12ClN3O3/c1-7(13)11-14-10-6-4-3-5-9(10)12(18)16(11)15-19-8(2)17/h3-7,15H,1-2H3/t7-/m1/s1. The molecule has 0 bridgehead atoms. The Morgan fingerprint density at radius 1 is 1.47 bits per heavy atom. The van der Waals surface area contributed by atoms with Gasteiger partial charge in [-0.25, -0.2) is 9.78 Å². The van der Waals surface area contributed by atoms with Crippen molar-refractivity contribution in [2.75, 3.05) is 5.59 Å². The molecule has 0 amide bonds. The van der Waals surface area contributed by atoms with Gasteiger partial charge in [0, 0.05) is 6.92 Å². The van der Waals surface area contributed by atoms with Crippen LogP contribution in [-0.4, -0.2) is 15.6 Å². The van der Waals surface area contributed by atoms with E-state index in [1.54, 1.807) is 31.2 Å². The van der Waals surface area contributed by atoms with Crippen molar-refractivity contribution < 1.29 is 9.63 Å². The van der Waals surface area contributed by atoms with Crippen molar-refractivity contribution in [3.63, 3.8) is 0 Å². The van der Waals surface area contributed by atoms with E-state index in [9.17, 15) is 9.59 Å². The number of alkyl halides is 1. The Morgan fingerprint density at radius 2 is 2.16 bits per heavy atom. The van der Waals surface area contributed by atoms with Crippen LogP contribution < -0.4 is 11.1 Å². The van der Waals surface area contributed by atoms with Gasteiger partial charge in [0.25, 0.3) is 5.56 Å². The summed E-state index contributed by atoms with van der Waals surface area (Å²) in [7, 11) is 0. The number of nitrogens with zero attached hydrogens (tertiary/aromatic N) is 2. The molecule has 1 aromatic carbocycles.